The first-order valence-electron chi connectivity index (χ1n) is 7.99. The van der Waals surface area contributed by atoms with Crippen LogP contribution >= 0.6 is 0 Å². The van der Waals surface area contributed by atoms with Crippen LogP contribution in [0.4, 0.5) is 0 Å². The van der Waals surface area contributed by atoms with Gasteiger partial charge in [0.15, 0.2) is 0 Å². The molecule has 5 nitrogen and oxygen atoms in total. The van der Waals surface area contributed by atoms with Gasteiger partial charge < -0.3 is 20.1 Å². The van der Waals surface area contributed by atoms with Crippen LogP contribution < -0.4 is 4.74 Å². The summed E-state index contributed by atoms with van der Waals surface area (Å²) in [5, 5.41) is 29.6. The second-order valence-corrected chi connectivity index (χ2v) is 6.41. The molecule has 0 aliphatic carbocycles. The first kappa shape index (κ1) is 16.9. The van der Waals surface area contributed by atoms with E-state index in [9.17, 15) is 15.0 Å². The summed E-state index contributed by atoms with van der Waals surface area (Å²) in [5.74, 6) is 0.335. The lowest BCUT2D eigenvalue weighted by Gasteiger charge is -2.28. The molecule has 0 atom stereocenters. The molecule has 2 aromatic carbocycles. The molecule has 1 heterocycles. The fourth-order valence-electron chi connectivity index (χ4n) is 3.23. The Morgan fingerprint density at radius 2 is 1.40 bits per heavy atom. The molecule has 0 saturated carbocycles. The van der Waals surface area contributed by atoms with E-state index in [0.717, 1.165) is 16.7 Å². The van der Waals surface area contributed by atoms with Crippen molar-refractivity contribution < 1.29 is 24.9 Å². The molecule has 0 saturated heterocycles. The fraction of sp³-hybridized carbons (Fsp3) is 0.250. The van der Waals surface area contributed by atoms with Gasteiger partial charge in [-0.2, -0.15) is 0 Å². The minimum Gasteiger partial charge on any atom is -0.507 e. The zero-order chi connectivity index (χ0) is 18.5. The van der Waals surface area contributed by atoms with Gasteiger partial charge in [0, 0.05) is 22.3 Å². The summed E-state index contributed by atoms with van der Waals surface area (Å²) in [5.41, 5.74) is 4.77. The van der Waals surface area contributed by atoms with E-state index in [1.807, 2.05) is 0 Å². The van der Waals surface area contributed by atoms with E-state index in [0.29, 0.717) is 33.8 Å². The van der Waals surface area contributed by atoms with Crippen molar-refractivity contribution in [2.45, 2.75) is 34.1 Å². The summed E-state index contributed by atoms with van der Waals surface area (Å²) in [7, 11) is 0. The molecule has 5 heteroatoms. The third-order valence-electron chi connectivity index (χ3n) is 4.61. The van der Waals surface area contributed by atoms with Crippen LogP contribution in [0.1, 0.15) is 39.8 Å². The van der Waals surface area contributed by atoms with E-state index in [-0.39, 0.29) is 17.9 Å². The number of rotatable bonds is 2. The minimum atomic E-state index is -0.929. The average molecular weight is 340 g/mol. The number of carbonyl (C=O) groups is 1. The number of aromatic hydroxyl groups is 2. The normalized spacial score (nSPS) is 12.2. The molecule has 1 aliphatic heterocycles. The van der Waals surface area contributed by atoms with Crippen LogP contribution in [0.2, 0.25) is 0 Å². The first-order chi connectivity index (χ1) is 11.7. The highest BCUT2D eigenvalue weighted by molar-refractivity contribution is 5.92. The number of carboxylic acid groups (broad SMARTS) is 1. The lowest BCUT2D eigenvalue weighted by atomic mass is 9.87. The first-order valence-corrected chi connectivity index (χ1v) is 7.99. The molecule has 25 heavy (non-hydrogen) atoms. The number of aliphatic carboxylic acids is 1. The molecular formula is C20H20O5. The predicted octanol–water partition coefficient (Wildman–Crippen LogP) is 4.34. The number of aryl methyl sites for hydroxylation is 2. The van der Waals surface area contributed by atoms with Crippen molar-refractivity contribution in [2.75, 3.05) is 0 Å². The van der Waals surface area contributed by atoms with Gasteiger partial charge in [0.05, 0.1) is 6.42 Å². The number of hydrogen-bond acceptors (Lipinski definition) is 4. The highest BCUT2D eigenvalue weighted by atomic mass is 16.5. The lowest BCUT2D eigenvalue weighted by Crippen LogP contribution is -2.08. The van der Waals surface area contributed by atoms with Crippen LogP contribution in [0.3, 0.4) is 0 Å². The summed E-state index contributed by atoms with van der Waals surface area (Å²) >= 11 is 0. The van der Waals surface area contributed by atoms with E-state index in [2.05, 4.69) is 0 Å². The summed E-state index contributed by atoms with van der Waals surface area (Å²) in [6.07, 6.45) is 1.51. The maximum absolute atomic E-state index is 11.1. The van der Waals surface area contributed by atoms with Crippen molar-refractivity contribution in [3.05, 3.63) is 51.6 Å². The summed E-state index contributed by atoms with van der Waals surface area (Å²) in [6.45, 7) is 7.09. The van der Waals surface area contributed by atoms with Gasteiger partial charge in [-0.25, -0.2) is 0 Å². The molecule has 0 amide bonds. The smallest absolute Gasteiger partial charge is 0.307 e. The number of benzene rings is 2. The van der Waals surface area contributed by atoms with Crippen molar-refractivity contribution >= 4 is 11.5 Å². The molecule has 130 valence electrons. The summed E-state index contributed by atoms with van der Waals surface area (Å²) in [4.78, 5) is 11.1. The second kappa shape index (κ2) is 5.84. The van der Waals surface area contributed by atoms with Gasteiger partial charge in [-0.05, 0) is 56.5 Å². The highest BCUT2D eigenvalue weighted by Gasteiger charge is 2.28. The fourth-order valence-corrected chi connectivity index (χ4v) is 3.23. The van der Waals surface area contributed by atoms with Crippen LogP contribution in [-0.2, 0) is 4.79 Å². The van der Waals surface area contributed by atoms with E-state index in [1.165, 1.54) is 0 Å². The quantitative estimate of drug-likeness (QED) is 0.646. The Morgan fingerprint density at radius 1 is 0.960 bits per heavy atom. The molecule has 2 aromatic rings. The number of fused-ring (bicyclic) bond motifs is 2. The third-order valence-corrected chi connectivity index (χ3v) is 4.61. The zero-order valence-electron chi connectivity index (χ0n) is 14.6. The Labute approximate surface area is 145 Å². The largest absolute Gasteiger partial charge is 0.507 e. The molecule has 0 unspecified atom stereocenters. The van der Waals surface area contributed by atoms with Crippen molar-refractivity contribution in [3.8, 4) is 23.0 Å². The monoisotopic (exact) mass is 340 g/mol. The predicted molar refractivity (Wildman–Crippen MR) is 94.6 cm³/mol. The van der Waals surface area contributed by atoms with Gasteiger partial charge in [0.2, 0.25) is 0 Å². The van der Waals surface area contributed by atoms with E-state index in [1.54, 1.807) is 45.9 Å². The molecule has 3 N–H and O–H groups in total. The van der Waals surface area contributed by atoms with E-state index < -0.39 is 5.97 Å². The molecule has 0 aromatic heterocycles. The van der Waals surface area contributed by atoms with Crippen molar-refractivity contribution in [1.82, 2.24) is 0 Å². The molecule has 1 aliphatic rings. The van der Waals surface area contributed by atoms with E-state index in [4.69, 9.17) is 9.84 Å². The lowest BCUT2D eigenvalue weighted by molar-refractivity contribution is -0.135. The van der Waals surface area contributed by atoms with Crippen molar-refractivity contribution in [3.63, 3.8) is 0 Å². The number of ether oxygens (including phenoxy) is 1. The van der Waals surface area contributed by atoms with Gasteiger partial charge in [-0.3, -0.25) is 4.79 Å². The zero-order valence-corrected chi connectivity index (χ0v) is 14.6. The summed E-state index contributed by atoms with van der Waals surface area (Å²) < 4.78 is 6.04. The molecule has 0 bridgehead atoms. The van der Waals surface area contributed by atoms with Crippen LogP contribution in [0.5, 0.6) is 23.0 Å². The van der Waals surface area contributed by atoms with Crippen molar-refractivity contribution in [1.29, 1.82) is 0 Å². The number of hydrogen-bond donors (Lipinski definition) is 3. The Kier molecular flexibility index (Phi) is 3.95. The maximum atomic E-state index is 11.1. The van der Waals surface area contributed by atoms with E-state index >= 15 is 0 Å². The number of phenols is 2. The molecule has 0 radical (unpaired) electrons. The Balaban J connectivity index is 2.35. The van der Waals surface area contributed by atoms with Crippen LogP contribution in [-0.4, -0.2) is 21.3 Å². The maximum Gasteiger partial charge on any atom is 0.307 e. The number of carboxylic acids is 1. The van der Waals surface area contributed by atoms with Crippen molar-refractivity contribution in [2.24, 2.45) is 0 Å². The Hall–Kier alpha value is -2.95. The average Bonchev–Trinajstić information content (AvgIpc) is 2.56. The minimum absolute atomic E-state index is 0.133. The van der Waals surface area contributed by atoms with Gasteiger partial charge in [0.25, 0.3) is 0 Å². The van der Waals surface area contributed by atoms with Gasteiger partial charge in [0.1, 0.15) is 23.0 Å². The topological polar surface area (TPSA) is 87.0 Å². The standard InChI is InChI=1S/C20H20O5/c1-9-7-14-13(5-6-16(21)22)15-8-10(2)18(24)12(4)20(15)25-19(14)11(3)17(9)23/h5,7-8,23-24H,6H2,1-4H3,(H,21,22). The molecule has 0 spiro atoms. The van der Waals surface area contributed by atoms with Gasteiger partial charge in [-0.1, -0.05) is 6.08 Å². The van der Waals surface area contributed by atoms with Gasteiger partial charge >= 0.3 is 5.97 Å². The molecule has 3 rings (SSSR count). The van der Waals surface area contributed by atoms with Gasteiger partial charge in [-0.15, -0.1) is 0 Å². The Morgan fingerprint density at radius 3 is 1.80 bits per heavy atom. The molecular weight excluding hydrogens is 320 g/mol. The third kappa shape index (κ3) is 2.61. The molecule has 0 fully saturated rings. The highest BCUT2D eigenvalue weighted by Crippen LogP contribution is 2.51. The Bertz CT molecular complexity index is 873. The number of phenolic OH excluding ortho intramolecular Hbond substituents is 2. The van der Waals surface area contributed by atoms with Crippen LogP contribution in [0.25, 0.3) is 5.57 Å². The second-order valence-electron chi connectivity index (χ2n) is 6.41. The SMILES string of the molecule is Cc1cc2c(c(C)c1O)Oc1c(cc(C)c(O)c1C)C2=CCC(=O)O. The summed E-state index contributed by atoms with van der Waals surface area (Å²) in [6, 6.07) is 3.59. The van der Waals surface area contributed by atoms with Crippen LogP contribution in [0, 0.1) is 27.7 Å². The van der Waals surface area contributed by atoms with Crippen LogP contribution in [0.15, 0.2) is 18.2 Å².